The number of carbonyl (C=O) groups is 1. The molecule has 2 fully saturated rings. The van der Waals surface area contributed by atoms with Crippen molar-refractivity contribution in [3.05, 3.63) is 97.8 Å². The molecule has 3 aromatic rings. The minimum atomic E-state index is -0.979. The molecule has 9 heteroatoms. The maximum atomic E-state index is 13.2. The zero-order valence-corrected chi connectivity index (χ0v) is 22.5. The Hall–Kier alpha value is -3.95. The van der Waals surface area contributed by atoms with E-state index in [1.807, 2.05) is 18.2 Å². The van der Waals surface area contributed by atoms with Gasteiger partial charge in [0.1, 0.15) is 5.75 Å². The van der Waals surface area contributed by atoms with Crippen molar-refractivity contribution in [2.75, 3.05) is 20.1 Å². The van der Waals surface area contributed by atoms with Crippen LogP contribution < -0.4 is 16.6 Å². The van der Waals surface area contributed by atoms with Gasteiger partial charge in [0.25, 0.3) is 11.5 Å². The van der Waals surface area contributed by atoms with Crippen LogP contribution in [-0.4, -0.2) is 62.8 Å². The van der Waals surface area contributed by atoms with E-state index in [9.17, 15) is 24.6 Å². The Morgan fingerprint density at radius 1 is 1.18 bits per heavy atom. The van der Waals surface area contributed by atoms with Crippen LogP contribution in [0.3, 0.4) is 0 Å². The maximum Gasteiger partial charge on any atom is 0.325 e. The molecule has 2 heterocycles. The van der Waals surface area contributed by atoms with Crippen molar-refractivity contribution in [3.63, 3.8) is 0 Å². The molecule has 2 aliphatic carbocycles. The van der Waals surface area contributed by atoms with Crippen LogP contribution in [0.2, 0.25) is 0 Å². The summed E-state index contributed by atoms with van der Waals surface area (Å²) < 4.78 is 0. The van der Waals surface area contributed by atoms with Gasteiger partial charge in [-0.25, -0.2) is 4.79 Å². The Morgan fingerprint density at radius 2 is 1.95 bits per heavy atom. The number of allylic oxidation sites excluding steroid dienone is 1. The van der Waals surface area contributed by atoms with E-state index in [0.717, 1.165) is 35.2 Å². The molecule has 6 rings (SSSR count). The summed E-state index contributed by atoms with van der Waals surface area (Å²) in [6, 6.07) is 10.9. The minimum Gasteiger partial charge on any atom is -0.507 e. The highest BCUT2D eigenvalue weighted by molar-refractivity contribution is 5.97. The first-order valence-electron chi connectivity index (χ1n) is 13.8. The molecule has 2 aromatic carbocycles. The number of rotatable bonds is 5. The monoisotopic (exact) mass is 542 g/mol. The van der Waals surface area contributed by atoms with Crippen LogP contribution in [0.15, 0.2) is 64.3 Å². The highest BCUT2D eigenvalue weighted by Crippen LogP contribution is 2.60. The van der Waals surface area contributed by atoms with E-state index >= 15 is 0 Å². The van der Waals surface area contributed by atoms with Crippen molar-refractivity contribution >= 4 is 5.91 Å². The smallest absolute Gasteiger partial charge is 0.325 e. The molecule has 40 heavy (non-hydrogen) atoms. The largest absolute Gasteiger partial charge is 0.507 e. The number of likely N-dealkylation sites (tertiary alicyclic amines) is 1. The summed E-state index contributed by atoms with van der Waals surface area (Å²) in [7, 11) is 2.06. The van der Waals surface area contributed by atoms with Crippen LogP contribution in [0.4, 0.5) is 0 Å². The number of hydrogen-bond acceptors (Lipinski definition) is 6. The number of fused-ring (bicyclic) bond motifs is 1. The predicted octanol–water partition coefficient (Wildman–Crippen LogP) is 2.38. The molecule has 0 radical (unpaired) electrons. The van der Waals surface area contributed by atoms with Crippen LogP contribution in [0.1, 0.15) is 52.7 Å². The van der Waals surface area contributed by atoms with Crippen molar-refractivity contribution in [2.24, 2.45) is 0 Å². The summed E-state index contributed by atoms with van der Waals surface area (Å²) in [4.78, 5) is 43.5. The normalized spacial score (nSPS) is 25.6. The van der Waals surface area contributed by atoms with Crippen LogP contribution in [0, 0.1) is 0 Å². The number of likely N-dealkylation sites (N-methyl/N-ethyl adjacent to an activating group) is 1. The third kappa shape index (κ3) is 4.03. The molecule has 3 atom stereocenters. The van der Waals surface area contributed by atoms with Crippen LogP contribution >= 0.6 is 0 Å². The second-order valence-corrected chi connectivity index (χ2v) is 11.6. The fraction of sp³-hybridized carbons (Fsp3) is 0.387. The highest BCUT2D eigenvalue weighted by atomic mass is 16.3. The lowest BCUT2D eigenvalue weighted by atomic mass is 9.48. The number of hydrogen-bond donors (Lipinski definition) is 5. The van der Waals surface area contributed by atoms with E-state index in [2.05, 4.69) is 33.8 Å². The molecule has 0 unspecified atom stereocenters. The standard InChI is InChI=1S/C31H34N4O5/c1-18-9-11-31(40)24-15-21-7-8-22(26(36)25(21)30(31,16-18)12-14-35(24)2)27(37)32-13-10-19-3-5-20(6-4-19)23-17-33-29(39)34-28(23)38/h3-8,17,24,36,40H,1,9-16H2,2H3,(H,32,37)(H2,33,34,38,39)/t24-,30-,31-/m1/s1. The van der Waals surface area contributed by atoms with Crippen molar-refractivity contribution in [1.29, 1.82) is 0 Å². The molecule has 3 aliphatic rings. The third-order valence-corrected chi connectivity index (χ3v) is 9.40. The fourth-order valence-corrected chi connectivity index (χ4v) is 7.33. The summed E-state index contributed by atoms with van der Waals surface area (Å²) in [5, 5.41) is 26.6. The van der Waals surface area contributed by atoms with Gasteiger partial charge in [0.2, 0.25) is 0 Å². The van der Waals surface area contributed by atoms with Gasteiger partial charge >= 0.3 is 5.69 Å². The Balaban J connectivity index is 1.20. The number of carbonyl (C=O) groups excluding carboxylic acids is 1. The summed E-state index contributed by atoms with van der Waals surface area (Å²) in [6.45, 7) is 5.40. The van der Waals surface area contributed by atoms with Gasteiger partial charge in [-0.05, 0) is 74.9 Å². The molecule has 1 aliphatic heterocycles. The Morgan fingerprint density at radius 3 is 2.70 bits per heavy atom. The number of aliphatic hydroxyl groups is 1. The summed E-state index contributed by atoms with van der Waals surface area (Å²) in [5.74, 6) is -0.386. The van der Waals surface area contributed by atoms with Crippen molar-refractivity contribution in [1.82, 2.24) is 20.2 Å². The lowest BCUT2D eigenvalue weighted by Gasteiger charge is -2.63. The van der Waals surface area contributed by atoms with Crippen LogP contribution in [-0.2, 0) is 18.3 Å². The number of benzene rings is 2. The third-order valence-electron chi connectivity index (χ3n) is 9.40. The van der Waals surface area contributed by atoms with Gasteiger partial charge in [-0.15, -0.1) is 0 Å². The first-order valence-corrected chi connectivity index (χ1v) is 13.8. The first-order chi connectivity index (χ1) is 19.1. The minimum absolute atomic E-state index is 0.0263. The van der Waals surface area contributed by atoms with Gasteiger partial charge in [-0.1, -0.05) is 42.5 Å². The molecule has 5 N–H and O–H groups in total. The molecular weight excluding hydrogens is 508 g/mol. The quantitative estimate of drug-likeness (QED) is 0.314. The second-order valence-electron chi connectivity index (χ2n) is 11.6. The molecule has 9 nitrogen and oxygen atoms in total. The van der Waals surface area contributed by atoms with Gasteiger partial charge in [0.05, 0.1) is 16.7 Å². The van der Waals surface area contributed by atoms with E-state index in [4.69, 9.17) is 0 Å². The summed E-state index contributed by atoms with van der Waals surface area (Å²) in [5.41, 5.74) is 2.37. The van der Waals surface area contributed by atoms with Gasteiger partial charge < -0.3 is 25.4 Å². The van der Waals surface area contributed by atoms with Crippen molar-refractivity contribution in [2.45, 2.75) is 55.6 Å². The number of piperidine rings is 1. The molecule has 208 valence electrons. The van der Waals surface area contributed by atoms with Gasteiger partial charge in [-0.2, -0.15) is 0 Å². The molecule has 1 aromatic heterocycles. The van der Waals surface area contributed by atoms with Crippen LogP contribution in [0.25, 0.3) is 11.1 Å². The zero-order valence-electron chi connectivity index (χ0n) is 22.5. The average molecular weight is 543 g/mol. The Labute approximate surface area is 231 Å². The Kier molecular flexibility index (Phi) is 6.31. The number of phenols is 1. The van der Waals surface area contributed by atoms with E-state index in [-0.39, 0.29) is 23.3 Å². The van der Waals surface area contributed by atoms with Gasteiger partial charge in [-0.3, -0.25) is 14.6 Å². The van der Waals surface area contributed by atoms with E-state index in [1.54, 1.807) is 18.2 Å². The van der Waals surface area contributed by atoms with Crippen molar-refractivity contribution < 1.29 is 15.0 Å². The molecule has 1 saturated carbocycles. The number of phenolic OH excluding ortho intramolecular Hbond substituents is 1. The van der Waals surface area contributed by atoms with E-state index in [0.29, 0.717) is 49.8 Å². The van der Waals surface area contributed by atoms with Crippen molar-refractivity contribution in [3.8, 4) is 16.9 Å². The zero-order chi connectivity index (χ0) is 28.2. The van der Waals surface area contributed by atoms with Gasteiger partial charge in [0.15, 0.2) is 0 Å². The molecule has 1 amide bonds. The summed E-state index contributed by atoms with van der Waals surface area (Å²) in [6.07, 6.45) is 5.25. The SMILES string of the molecule is C=C1CC[C@@]2(O)[C@H]3Cc4ccc(C(=O)NCCc5ccc(-c6c[nH]c(=O)[nH]c6=O)cc5)c(O)c4[C@@]2(CCN3C)C1. The highest BCUT2D eigenvalue weighted by Gasteiger charge is 2.64. The lowest BCUT2D eigenvalue weighted by molar-refractivity contribution is -0.153. The number of H-pyrrole nitrogens is 2. The second kappa shape index (κ2) is 9.60. The fourth-order valence-electron chi connectivity index (χ4n) is 7.33. The summed E-state index contributed by atoms with van der Waals surface area (Å²) >= 11 is 0. The number of aromatic hydroxyl groups is 1. The van der Waals surface area contributed by atoms with Crippen LogP contribution in [0.5, 0.6) is 5.75 Å². The molecule has 2 bridgehead atoms. The predicted molar refractivity (Wildman–Crippen MR) is 152 cm³/mol. The number of aromatic nitrogens is 2. The van der Waals surface area contributed by atoms with Gasteiger partial charge in [0, 0.05) is 29.8 Å². The topological polar surface area (TPSA) is 139 Å². The van der Waals surface area contributed by atoms with E-state index < -0.39 is 22.3 Å². The molecule has 1 saturated heterocycles. The Bertz CT molecular complexity index is 1620. The number of amides is 1. The maximum absolute atomic E-state index is 13.2. The first kappa shape index (κ1) is 26.3. The molecule has 0 spiro atoms. The lowest BCUT2D eigenvalue weighted by Crippen LogP contribution is -2.71. The number of nitrogens with one attached hydrogen (secondary N) is 3. The van der Waals surface area contributed by atoms with E-state index in [1.165, 1.54) is 6.20 Å². The number of nitrogens with zero attached hydrogens (tertiary/aromatic N) is 1. The average Bonchev–Trinajstić information content (AvgIpc) is 2.92. The molecular formula is C31H34N4O5. The number of aromatic amines is 2.